The summed E-state index contributed by atoms with van der Waals surface area (Å²) < 4.78 is 63.5. The molecule has 0 spiro atoms. The van der Waals surface area contributed by atoms with Crippen molar-refractivity contribution < 1.29 is 46.1 Å². The molecule has 0 saturated heterocycles. The lowest BCUT2D eigenvalue weighted by Crippen LogP contribution is -2.28. The third kappa shape index (κ3) is 11.9. The van der Waals surface area contributed by atoms with Crippen LogP contribution in [0.4, 0.5) is 38.1 Å². The first-order valence-corrected chi connectivity index (χ1v) is 13.1. The number of carbonyl (C=O) groups is 2. The van der Waals surface area contributed by atoms with Crippen molar-refractivity contribution >= 4 is 57.8 Å². The molecular formula is C26H27Cl2F6N5O4. The molecule has 17 heteroatoms. The predicted octanol–water partition coefficient (Wildman–Crippen LogP) is 6.39. The zero-order valence-electron chi connectivity index (χ0n) is 22.6. The van der Waals surface area contributed by atoms with Gasteiger partial charge in [-0.3, -0.25) is 0 Å². The zero-order valence-corrected chi connectivity index (χ0v) is 24.1. The highest BCUT2D eigenvalue weighted by Crippen LogP contribution is 2.27. The average molecular weight is 658 g/mol. The first kappa shape index (κ1) is 35.6. The van der Waals surface area contributed by atoms with Crippen LogP contribution in [0.25, 0.3) is 10.9 Å². The molecule has 2 atom stereocenters. The fourth-order valence-electron chi connectivity index (χ4n) is 3.92. The molecule has 1 aliphatic carbocycles. The minimum absolute atomic E-state index is 0.353. The third-order valence-electron chi connectivity index (χ3n) is 5.77. The molecule has 0 unspecified atom stereocenters. The van der Waals surface area contributed by atoms with E-state index in [-0.39, 0.29) is 0 Å². The smallest absolute Gasteiger partial charge is 0.475 e. The standard InChI is InChI=1S/C22H25Cl2N5.2C2HF3O2/c1-29(2)21-19-5-3-4-6-20(19)27-22(28-21)26-18-8-7-17(12-18)25-13-14-9-15(23)11-16(24)10-14;2*3-2(4,5)1(6)7/h3-6,9-11,17-18,25H,7-8,12-13H2,1-2H3,(H,26,27,28);2*(H,6,7)/t17-,18+;;/m1../s1. The average Bonchev–Trinajstić information content (AvgIpc) is 3.33. The molecule has 1 aliphatic rings. The summed E-state index contributed by atoms with van der Waals surface area (Å²) >= 11 is 12.2. The van der Waals surface area contributed by atoms with Gasteiger partial charge in [0.05, 0.1) is 5.52 Å². The molecule has 1 saturated carbocycles. The molecular weight excluding hydrogens is 631 g/mol. The number of fused-ring (bicyclic) bond motifs is 1. The molecule has 0 aliphatic heterocycles. The van der Waals surface area contributed by atoms with Gasteiger partial charge in [-0.25, -0.2) is 14.6 Å². The molecule has 236 valence electrons. The Labute approximate surface area is 251 Å². The van der Waals surface area contributed by atoms with Gasteiger partial charge in [0.25, 0.3) is 0 Å². The quantitative estimate of drug-likeness (QED) is 0.223. The summed E-state index contributed by atoms with van der Waals surface area (Å²) in [6, 6.07) is 14.6. The number of nitrogens with one attached hydrogen (secondary N) is 2. The number of benzene rings is 2. The SMILES string of the molecule is CN(C)c1nc(N[C@H]2CC[C@@H](NCc3cc(Cl)cc(Cl)c3)C2)nc2ccccc12.O=C(O)C(F)(F)F.O=C(O)C(F)(F)F. The van der Waals surface area contributed by atoms with Gasteiger partial charge in [-0.05, 0) is 55.2 Å². The van der Waals surface area contributed by atoms with Crippen LogP contribution in [-0.4, -0.2) is 70.7 Å². The Morgan fingerprint density at radius 3 is 1.93 bits per heavy atom. The van der Waals surface area contributed by atoms with Crippen molar-refractivity contribution in [3.05, 3.63) is 58.1 Å². The van der Waals surface area contributed by atoms with Gasteiger partial charge in [-0.15, -0.1) is 0 Å². The van der Waals surface area contributed by atoms with E-state index in [9.17, 15) is 26.3 Å². The number of anilines is 2. The largest absolute Gasteiger partial charge is 0.490 e. The Bertz CT molecular complexity index is 1360. The van der Waals surface area contributed by atoms with E-state index in [1.165, 1.54) is 0 Å². The van der Waals surface area contributed by atoms with Crippen molar-refractivity contribution in [1.82, 2.24) is 15.3 Å². The van der Waals surface area contributed by atoms with E-state index in [1.807, 2.05) is 49.3 Å². The maximum absolute atomic E-state index is 10.6. The molecule has 4 N–H and O–H groups in total. The van der Waals surface area contributed by atoms with Gasteiger partial charge in [0.2, 0.25) is 5.95 Å². The van der Waals surface area contributed by atoms with Crippen molar-refractivity contribution in [3.63, 3.8) is 0 Å². The molecule has 4 rings (SSSR count). The molecule has 0 radical (unpaired) electrons. The van der Waals surface area contributed by atoms with Crippen molar-refractivity contribution in [2.45, 2.75) is 50.2 Å². The van der Waals surface area contributed by atoms with Crippen molar-refractivity contribution in [3.8, 4) is 0 Å². The van der Waals surface area contributed by atoms with E-state index >= 15 is 0 Å². The Kier molecular flexibility index (Phi) is 12.6. The summed E-state index contributed by atoms with van der Waals surface area (Å²) in [5, 5.41) is 23.8. The highest BCUT2D eigenvalue weighted by atomic mass is 35.5. The van der Waals surface area contributed by atoms with Crippen molar-refractivity contribution in [2.75, 3.05) is 24.3 Å². The maximum Gasteiger partial charge on any atom is 0.490 e. The molecule has 0 amide bonds. The van der Waals surface area contributed by atoms with E-state index in [1.54, 1.807) is 6.07 Å². The summed E-state index contributed by atoms with van der Waals surface area (Å²) in [4.78, 5) is 29.3. The van der Waals surface area contributed by atoms with E-state index in [4.69, 9.17) is 53.0 Å². The topological polar surface area (TPSA) is 128 Å². The van der Waals surface area contributed by atoms with Gasteiger partial charge in [-0.2, -0.15) is 31.3 Å². The molecule has 0 bridgehead atoms. The number of hydrogen-bond acceptors (Lipinski definition) is 7. The normalized spacial score (nSPS) is 16.4. The van der Waals surface area contributed by atoms with Gasteiger partial charge >= 0.3 is 24.3 Å². The van der Waals surface area contributed by atoms with Gasteiger partial charge in [0, 0.05) is 48.2 Å². The predicted molar refractivity (Wildman–Crippen MR) is 150 cm³/mol. The second-order valence-corrected chi connectivity index (χ2v) is 10.3. The summed E-state index contributed by atoms with van der Waals surface area (Å²) in [7, 11) is 4.02. The number of nitrogens with zero attached hydrogens (tertiary/aromatic N) is 3. The molecule has 1 heterocycles. The van der Waals surface area contributed by atoms with Crippen LogP contribution in [0.5, 0.6) is 0 Å². The highest BCUT2D eigenvalue weighted by molar-refractivity contribution is 6.34. The van der Waals surface area contributed by atoms with E-state index in [0.717, 1.165) is 48.1 Å². The highest BCUT2D eigenvalue weighted by Gasteiger charge is 2.38. The number of carboxylic acid groups (broad SMARTS) is 2. The van der Waals surface area contributed by atoms with Crippen LogP contribution in [0, 0.1) is 0 Å². The van der Waals surface area contributed by atoms with Gasteiger partial charge in [-0.1, -0.05) is 35.3 Å². The van der Waals surface area contributed by atoms with Crippen LogP contribution in [0.15, 0.2) is 42.5 Å². The Morgan fingerprint density at radius 1 is 0.907 bits per heavy atom. The third-order valence-corrected chi connectivity index (χ3v) is 6.21. The van der Waals surface area contributed by atoms with Gasteiger partial charge in [0.15, 0.2) is 0 Å². The number of rotatable bonds is 6. The lowest BCUT2D eigenvalue weighted by molar-refractivity contribution is -0.193. The summed E-state index contributed by atoms with van der Waals surface area (Å²) in [6.45, 7) is 0.759. The molecule has 3 aromatic rings. The second kappa shape index (κ2) is 15.3. The molecule has 9 nitrogen and oxygen atoms in total. The molecule has 1 aromatic heterocycles. The molecule has 43 heavy (non-hydrogen) atoms. The Morgan fingerprint density at radius 2 is 1.42 bits per heavy atom. The van der Waals surface area contributed by atoms with Crippen LogP contribution in [0.1, 0.15) is 24.8 Å². The Balaban J connectivity index is 0.000000384. The first-order chi connectivity index (χ1) is 19.9. The lowest BCUT2D eigenvalue weighted by Gasteiger charge is -2.18. The Hall–Kier alpha value is -3.56. The van der Waals surface area contributed by atoms with E-state index in [2.05, 4.69) is 16.7 Å². The number of para-hydroxylation sites is 1. The fourth-order valence-corrected chi connectivity index (χ4v) is 4.49. The number of carboxylic acids is 2. The van der Waals surface area contributed by atoms with Crippen LogP contribution >= 0.6 is 23.2 Å². The number of aromatic nitrogens is 2. The molecule has 2 aromatic carbocycles. The second-order valence-electron chi connectivity index (χ2n) is 9.40. The minimum Gasteiger partial charge on any atom is -0.475 e. The summed E-state index contributed by atoms with van der Waals surface area (Å²) in [5.74, 6) is -3.89. The lowest BCUT2D eigenvalue weighted by atomic mass is 10.2. The van der Waals surface area contributed by atoms with Crippen LogP contribution < -0.4 is 15.5 Å². The first-order valence-electron chi connectivity index (χ1n) is 12.4. The number of aliphatic carboxylic acids is 2. The van der Waals surface area contributed by atoms with Crippen molar-refractivity contribution in [1.29, 1.82) is 0 Å². The monoisotopic (exact) mass is 657 g/mol. The number of halogens is 8. The van der Waals surface area contributed by atoms with Crippen molar-refractivity contribution in [2.24, 2.45) is 0 Å². The van der Waals surface area contributed by atoms with Crippen LogP contribution in [-0.2, 0) is 16.1 Å². The van der Waals surface area contributed by atoms with E-state index in [0.29, 0.717) is 28.1 Å². The number of alkyl halides is 6. The van der Waals surface area contributed by atoms with Gasteiger partial charge in [0.1, 0.15) is 5.82 Å². The summed E-state index contributed by atoms with van der Waals surface area (Å²) in [6.07, 6.45) is -6.94. The zero-order chi connectivity index (χ0) is 32.5. The fraction of sp³-hybridized carbons (Fsp3) is 0.385. The molecule has 1 fully saturated rings. The van der Waals surface area contributed by atoms with Gasteiger partial charge < -0.3 is 25.7 Å². The van der Waals surface area contributed by atoms with Crippen LogP contribution in [0.2, 0.25) is 10.0 Å². The number of hydrogen-bond donors (Lipinski definition) is 4. The maximum atomic E-state index is 10.6. The summed E-state index contributed by atoms with van der Waals surface area (Å²) in [5.41, 5.74) is 2.06. The minimum atomic E-state index is -5.08. The van der Waals surface area contributed by atoms with E-state index < -0.39 is 24.3 Å². The van der Waals surface area contributed by atoms with Crippen LogP contribution in [0.3, 0.4) is 0 Å².